The highest BCUT2D eigenvalue weighted by atomic mass is 35.5. The van der Waals surface area contributed by atoms with Gasteiger partial charge in [0.25, 0.3) is 0 Å². The molecule has 1 aliphatic heterocycles. The molecular formula is C19H21Cl2N3O. The predicted octanol–water partition coefficient (Wildman–Crippen LogP) is 4.78. The van der Waals surface area contributed by atoms with Crippen LogP contribution in [0.25, 0.3) is 0 Å². The molecule has 1 aliphatic rings. The highest BCUT2D eigenvalue weighted by Crippen LogP contribution is 2.24. The van der Waals surface area contributed by atoms with Gasteiger partial charge in [-0.3, -0.25) is 4.90 Å². The Labute approximate surface area is 158 Å². The van der Waals surface area contributed by atoms with Gasteiger partial charge in [-0.15, -0.1) is 0 Å². The SMILES string of the molecule is O=C(Nc1ccccc1)NC1CCN(Cc2ccc(Cl)c(Cl)c2)CC1. The van der Waals surface area contributed by atoms with Crippen LogP contribution in [0.5, 0.6) is 0 Å². The first kappa shape index (κ1) is 18.1. The fourth-order valence-corrected chi connectivity index (χ4v) is 3.33. The number of anilines is 1. The van der Waals surface area contributed by atoms with Crippen LogP contribution in [-0.4, -0.2) is 30.1 Å². The molecule has 0 bridgehead atoms. The van der Waals surface area contributed by atoms with Gasteiger partial charge in [0.05, 0.1) is 10.0 Å². The topological polar surface area (TPSA) is 44.4 Å². The standard InChI is InChI=1S/C19H21Cl2N3O/c20-17-7-6-14(12-18(17)21)13-24-10-8-16(9-11-24)23-19(25)22-15-4-2-1-3-5-15/h1-7,12,16H,8-11,13H2,(H2,22,23,25). The third-order valence-electron chi connectivity index (χ3n) is 4.34. The molecule has 0 unspecified atom stereocenters. The molecule has 2 amide bonds. The number of halogens is 2. The molecule has 132 valence electrons. The van der Waals surface area contributed by atoms with E-state index in [1.165, 1.54) is 0 Å². The molecule has 2 aromatic rings. The Kier molecular flexibility index (Phi) is 6.19. The van der Waals surface area contributed by atoms with Gasteiger partial charge in [-0.2, -0.15) is 0 Å². The van der Waals surface area contributed by atoms with Gasteiger partial charge in [-0.05, 0) is 42.7 Å². The van der Waals surface area contributed by atoms with Crippen LogP contribution in [0.2, 0.25) is 10.0 Å². The number of hydrogen-bond donors (Lipinski definition) is 2. The second kappa shape index (κ2) is 8.56. The number of nitrogens with one attached hydrogen (secondary N) is 2. The molecule has 0 spiro atoms. The Hall–Kier alpha value is -1.75. The fourth-order valence-electron chi connectivity index (χ4n) is 3.01. The van der Waals surface area contributed by atoms with Crippen LogP contribution < -0.4 is 10.6 Å². The van der Waals surface area contributed by atoms with Crippen LogP contribution in [0.4, 0.5) is 10.5 Å². The van der Waals surface area contributed by atoms with Gasteiger partial charge >= 0.3 is 6.03 Å². The minimum absolute atomic E-state index is 0.144. The fraction of sp³-hybridized carbons (Fsp3) is 0.316. The van der Waals surface area contributed by atoms with Crippen LogP contribution in [0, 0.1) is 0 Å². The Morgan fingerprint density at radius 1 is 1.04 bits per heavy atom. The normalized spacial score (nSPS) is 15.8. The monoisotopic (exact) mass is 377 g/mol. The summed E-state index contributed by atoms with van der Waals surface area (Å²) in [6, 6.07) is 15.3. The predicted molar refractivity (Wildman–Crippen MR) is 103 cm³/mol. The van der Waals surface area contributed by atoms with Crippen molar-refractivity contribution in [3.63, 3.8) is 0 Å². The number of urea groups is 1. The third kappa shape index (κ3) is 5.36. The van der Waals surface area contributed by atoms with Crippen molar-refractivity contribution in [3.8, 4) is 0 Å². The molecule has 0 atom stereocenters. The van der Waals surface area contributed by atoms with Crippen molar-refractivity contribution < 1.29 is 4.79 Å². The third-order valence-corrected chi connectivity index (χ3v) is 5.08. The molecule has 0 radical (unpaired) electrons. The van der Waals surface area contributed by atoms with Gasteiger partial charge in [0, 0.05) is 31.4 Å². The van der Waals surface area contributed by atoms with Crippen LogP contribution in [0.15, 0.2) is 48.5 Å². The first-order chi connectivity index (χ1) is 12.1. The molecular weight excluding hydrogens is 357 g/mol. The zero-order valence-corrected chi connectivity index (χ0v) is 15.4. The van der Waals surface area contributed by atoms with E-state index in [4.69, 9.17) is 23.2 Å². The van der Waals surface area contributed by atoms with E-state index in [0.717, 1.165) is 43.7 Å². The molecule has 1 heterocycles. The van der Waals surface area contributed by atoms with E-state index in [-0.39, 0.29) is 12.1 Å². The largest absolute Gasteiger partial charge is 0.335 e. The van der Waals surface area contributed by atoms with E-state index in [9.17, 15) is 4.79 Å². The Morgan fingerprint density at radius 3 is 2.44 bits per heavy atom. The van der Waals surface area contributed by atoms with Gasteiger partial charge in [0.2, 0.25) is 0 Å². The number of rotatable bonds is 4. The summed E-state index contributed by atoms with van der Waals surface area (Å²) < 4.78 is 0. The first-order valence-electron chi connectivity index (χ1n) is 8.39. The summed E-state index contributed by atoms with van der Waals surface area (Å²) in [7, 11) is 0. The lowest BCUT2D eigenvalue weighted by Gasteiger charge is -2.32. The lowest BCUT2D eigenvalue weighted by molar-refractivity contribution is 0.190. The van der Waals surface area contributed by atoms with Crippen LogP contribution in [0.3, 0.4) is 0 Å². The van der Waals surface area contributed by atoms with E-state index in [1.807, 2.05) is 48.5 Å². The Balaban J connectivity index is 1.43. The van der Waals surface area contributed by atoms with E-state index in [2.05, 4.69) is 15.5 Å². The highest BCUT2D eigenvalue weighted by molar-refractivity contribution is 6.42. The molecule has 2 aromatic carbocycles. The minimum atomic E-state index is -0.144. The molecule has 0 aromatic heterocycles. The molecule has 1 saturated heterocycles. The number of carbonyl (C=O) groups excluding carboxylic acids is 1. The van der Waals surface area contributed by atoms with Gasteiger partial charge in [-0.25, -0.2) is 4.79 Å². The molecule has 0 aliphatic carbocycles. The summed E-state index contributed by atoms with van der Waals surface area (Å²) in [5.74, 6) is 0. The van der Waals surface area contributed by atoms with Crippen molar-refractivity contribution in [1.29, 1.82) is 0 Å². The molecule has 6 heteroatoms. The van der Waals surface area contributed by atoms with E-state index < -0.39 is 0 Å². The minimum Gasteiger partial charge on any atom is -0.335 e. The maximum Gasteiger partial charge on any atom is 0.319 e. The average Bonchev–Trinajstić information content (AvgIpc) is 2.61. The molecule has 4 nitrogen and oxygen atoms in total. The van der Waals surface area contributed by atoms with Crippen LogP contribution >= 0.6 is 23.2 Å². The van der Waals surface area contributed by atoms with Crippen LogP contribution in [-0.2, 0) is 6.54 Å². The van der Waals surface area contributed by atoms with Gasteiger partial charge in [0.1, 0.15) is 0 Å². The number of nitrogens with zero attached hydrogens (tertiary/aromatic N) is 1. The van der Waals surface area contributed by atoms with Crippen molar-refractivity contribution in [1.82, 2.24) is 10.2 Å². The Morgan fingerprint density at radius 2 is 1.76 bits per heavy atom. The molecule has 3 rings (SSSR count). The van der Waals surface area contributed by atoms with Gasteiger partial charge < -0.3 is 10.6 Å². The first-order valence-corrected chi connectivity index (χ1v) is 9.14. The number of amides is 2. The zero-order chi connectivity index (χ0) is 17.6. The molecule has 2 N–H and O–H groups in total. The van der Waals surface area contributed by atoms with Gasteiger partial charge in [0.15, 0.2) is 0 Å². The van der Waals surface area contributed by atoms with Crippen molar-refractivity contribution in [2.45, 2.75) is 25.4 Å². The van der Waals surface area contributed by atoms with E-state index in [1.54, 1.807) is 0 Å². The van der Waals surface area contributed by atoms with Crippen molar-refractivity contribution in [2.75, 3.05) is 18.4 Å². The number of likely N-dealkylation sites (tertiary alicyclic amines) is 1. The number of para-hydroxylation sites is 1. The number of benzene rings is 2. The van der Waals surface area contributed by atoms with Crippen LogP contribution in [0.1, 0.15) is 18.4 Å². The molecule has 1 fully saturated rings. The summed E-state index contributed by atoms with van der Waals surface area (Å²) >= 11 is 12.0. The van der Waals surface area contributed by atoms with Crippen molar-refractivity contribution >= 4 is 34.9 Å². The zero-order valence-electron chi connectivity index (χ0n) is 13.8. The maximum absolute atomic E-state index is 12.1. The number of hydrogen-bond acceptors (Lipinski definition) is 2. The average molecular weight is 378 g/mol. The molecule has 0 saturated carbocycles. The number of carbonyl (C=O) groups is 1. The van der Waals surface area contributed by atoms with E-state index >= 15 is 0 Å². The van der Waals surface area contributed by atoms with E-state index in [0.29, 0.717) is 10.0 Å². The quantitative estimate of drug-likeness (QED) is 0.804. The summed E-state index contributed by atoms with van der Waals surface area (Å²) in [4.78, 5) is 14.4. The lowest BCUT2D eigenvalue weighted by Crippen LogP contribution is -2.45. The van der Waals surface area contributed by atoms with Crippen molar-refractivity contribution in [3.05, 3.63) is 64.1 Å². The second-order valence-corrected chi connectivity index (χ2v) is 7.08. The summed E-state index contributed by atoms with van der Waals surface area (Å²) in [6.45, 7) is 2.73. The summed E-state index contributed by atoms with van der Waals surface area (Å²) in [6.07, 6.45) is 1.87. The highest BCUT2D eigenvalue weighted by Gasteiger charge is 2.20. The Bertz CT molecular complexity index is 716. The van der Waals surface area contributed by atoms with Gasteiger partial charge in [-0.1, -0.05) is 47.5 Å². The molecule has 25 heavy (non-hydrogen) atoms. The smallest absolute Gasteiger partial charge is 0.319 e. The van der Waals surface area contributed by atoms with Crippen molar-refractivity contribution in [2.24, 2.45) is 0 Å². The summed E-state index contributed by atoms with van der Waals surface area (Å²) in [5.41, 5.74) is 1.96. The summed E-state index contributed by atoms with van der Waals surface area (Å²) in [5, 5.41) is 7.09. The maximum atomic E-state index is 12.1. The number of piperidine rings is 1. The second-order valence-electron chi connectivity index (χ2n) is 6.26. The lowest BCUT2D eigenvalue weighted by atomic mass is 10.0.